The first kappa shape index (κ1) is 11.2. The van der Waals surface area contributed by atoms with E-state index in [4.69, 9.17) is 9.26 Å². The van der Waals surface area contributed by atoms with E-state index < -0.39 is 8.03 Å². The van der Waals surface area contributed by atoms with Crippen molar-refractivity contribution in [3.63, 3.8) is 0 Å². The summed E-state index contributed by atoms with van der Waals surface area (Å²) in [5, 5.41) is 0. The molecule has 0 fully saturated rings. The van der Waals surface area contributed by atoms with Gasteiger partial charge in [0.15, 0.2) is 0 Å². The summed E-state index contributed by atoms with van der Waals surface area (Å²) in [4.78, 5) is 0. The Bertz CT molecular complexity index is 295. The molecule has 14 heavy (non-hydrogen) atoms. The van der Waals surface area contributed by atoms with Crippen LogP contribution in [0, 0.1) is 0 Å². The molecule has 1 atom stereocenters. The molecule has 0 amide bonds. The van der Waals surface area contributed by atoms with Crippen LogP contribution in [0.3, 0.4) is 0 Å². The van der Waals surface area contributed by atoms with Crippen molar-refractivity contribution >= 4 is 8.03 Å². The molecule has 0 heterocycles. The highest BCUT2D eigenvalue weighted by atomic mass is 31.1. The SMILES string of the molecule is CCO[P+](=O)Cc1ccc(OC)cc1. The van der Waals surface area contributed by atoms with Gasteiger partial charge in [-0.3, -0.25) is 0 Å². The molecule has 0 aliphatic rings. The number of hydrogen-bond donors (Lipinski definition) is 0. The fourth-order valence-electron chi connectivity index (χ4n) is 1.07. The van der Waals surface area contributed by atoms with Gasteiger partial charge in [-0.1, -0.05) is 12.1 Å². The van der Waals surface area contributed by atoms with Crippen molar-refractivity contribution in [2.24, 2.45) is 0 Å². The molecular weight excluding hydrogens is 199 g/mol. The van der Waals surface area contributed by atoms with Gasteiger partial charge in [-0.15, -0.1) is 4.52 Å². The van der Waals surface area contributed by atoms with Gasteiger partial charge in [-0.05, 0) is 23.6 Å². The van der Waals surface area contributed by atoms with Gasteiger partial charge in [-0.2, -0.15) is 0 Å². The molecule has 0 saturated heterocycles. The van der Waals surface area contributed by atoms with Gasteiger partial charge in [0.2, 0.25) is 6.16 Å². The zero-order valence-electron chi connectivity index (χ0n) is 8.40. The minimum atomic E-state index is -1.56. The second kappa shape index (κ2) is 5.74. The van der Waals surface area contributed by atoms with Crippen molar-refractivity contribution in [2.75, 3.05) is 13.7 Å². The third-order valence-corrected chi connectivity index (χ3v) is 2.91. The largest absolute Gasteiger partial charge is 0.512 e. The Labute approximate surface area is 84.9 Å². The summed E-state index contributed by atoms with van der Waals surface area (Å²) in [6.07, 6.45) is 0.465. The molecule has 1 unspecified atom stereocenters. The van der Waals surface area contributed by atoms with Crippen LogP contribution in [0.4, 0.5) is 0 Å². The normalized spacial score (nSPS) is 11.1. The Kier molecular flexibility index (Phi) is 4.57. The van der Waals surface area contributed by atoms with Gasteiger partial charge in [0, 0.05) is 5.56 Å². The Morgan fingerprint density at radius 2 is 1.93 bits per heavy atom. The molecule has 0 spiro atoms. The lowest BCUT2D eigenvalue weighted by molar-refractivity contribution is 0.350. The summed E-state index contributed by atoms with van der Waals surface area (Å²) in [6, 6.07) is 7.49. The van der Waals surface area contributed by atoms with E-state index in [0.29, 0.717) is 12.8 Å². The topological polar surface area (TPSA) is 35.5 Å². The van der Waals surface area contributed by atoms with E-state index >= 15 is 0 Å². The molecular formula is C10H14O3P+. The predicted molar refractivity (Wildman–Crippen MR) is 55.9 cm³/mol. The summed E-state index contributed by atoms with van der Waals surface area (Å²) in [6.45, 7) is 2.33. The molecule has 0 aromatic heterocycles. The van der Waals surface area contributed by atoms with E-state index in [1.165, 1.54) is 0 Å². The van der Waals surface area contributed by atoms with E-state index in [2.05, 4.69) is 0 Å². The summed E-state index contributed by atoms with van der Waals surface area (Å²) in [5.74, 6) is 0.806. The maximum absolute atomic E-state index is 11.3. The molecule has 0 bridgehead atoms. The van der Waals surface area contributed by atoms with Gasteiger partial charge in [0.25, 0.3) is 0 Å². The number of ether oxygens (including phenoxy) is 1. The van der Waals surface area contributed by atoms with Crippen molar-refractivity contribution in [3.8, 4) is 5.75 Å². The highest BCUT2D eigenvalue weighted by Gasteiger charge is 2.16. The first-order valence-corrected chi connectivity index (χ1v) is 5.83. The van der Waals surface area contributed by atoms with Crippen LogP contribution in [0.5, 0.6) is 5.75 Å². The van der Waals surface area contributed by atoms with Crippen LogP contribution in [0.15, 0.2) is 24.3 Å². The van der Waals surface area contributed by atoms with Crippen molar-refractivity contribution in [3.05, 3.63) is 29.8 Å². The summed E-state index contributed by atoms with van der Waals surface area (Å²) in [7, 11) is 0.0591. The third kappa shape index (κ3) is 3.44. The van der Waals surface area contributed by atoms with E-state index in [1.807, 2.05) is 31.2 Å². The lowest BCUT2D eigenvalue weighted by Crippen LogP contribution is -1.85. The highest BCUT2D eigenvalue weighted by molar-refractivity contribution is 7.38. The summed E-state index contributed by atoms with van der Waals surface area (Å²) < 4.78 is 21.3. The van der Waals surface area contributed by atoms with Crippen LogP contribution < -0.4 is 4.74 Å². The van der Waals surface area contributed by atoms with E-state index in [1.54, 1.807) is 7.11 Å². The first-order chi connectivity index (χ1) is 6.76. The van der Waals surface area contributed by atoms with Crippen LogP contribution in [0.25, 0.3) is 0 Å². The summed E-state index contributed by atoms with van der Waals surface area (Å²) in [5.41, 5.74) is 1.00. The van der Waals surface area contributed by atoms with Gasteiger partial charge < -0.3 is 4.74 Å². The molecule has 0 saturated carbocycles. The van der Waals surface area contributed by atoms with E-state index in [0.717, 1.165) is 11.3 Å². The average molecular weight is 213 g/mol. The molecule has 0 N–H and O–H groups in total. The van der Waals surface area contributed by atoms with Gasteiger partial charge >= 0.3 is 8.03 Å². The smallest absolute Gasteiger partial charge is 0.497 e. The minimum absolute atomic E-state index is 0.465. The second-order valence-corrected chi connectivity index (χ2v) is 4.00. The highest BCUT2D eigenvalue weighted by Crippen LogP contribution is 2.28. The van der Waals surface area contributed by atoms with Gasteiger partial charge in [0.05, 0.1) is 13.7 Å². The minimum Gasteiger partial charge on any atom is -0.497 e. The molecule has 3 nitrogen and oxygen atoms in total. The third-order valence-electron chi connectivity index (χ3n) is 1.74. The van der Waals surface area contributed by atoms with Crippen molar-refractivity contribution in [2.45, 2.75) is 13.1 Å². The Balaban J connectivity index is 2.55. The quantitative estimate of drug-likeness (QED) is 0.705. The van der Waals surface area contributed by atoms with Crippen molar-refractivity contribution < 1.29 is 13.8 Å². The number of methoxy groups -OCH3 is 1. The molecule has 4 heteroatoms. The zero-order chi connectivity index (χ0) is 10.4. The molecule has 0 aliphatic heterocycles. The predicted octanol–water partition coefficient (Wildman–Crippen LogP) is 2.97. The maximum atomic E-state index is 11.3. The fourth-order valence-corrected chi connectivity index (χ4v) is 1.96. The number of rotatable bonds is 5. The van der Waals surface area contributed by atoms with Crippen molar-refractivity contribution in [1.29, 1.82) is 0 Å². The summed E-state index contributed by atoms with van der Waals surface area (Å²) >= 11 is 0. The first-order valence-electron chi connectivity index (χ1n) is 4.46. The molecule has 0 radical (unpaired) electrons. The van der Waals surface area contributed by atoms with Gasteiger partial charge in [0.1, 0.15) is 5.75 Å². The maximum Gasteiger partial charge on any atom is 0.512 e. The lowest BCUT2D eigenvalue weighted by atomic mass is 10.2. The van der Waals surface area contributed by atoms with Crippen LogP contribution in [0.1, 0.15) is 12.5 Å². The van der Waals surface area contributed by atoms with E-state index in [-0.39, 0.29) is 0 Å². The molecule has 0 aliphatic carbocycles. The Morgan fingerprint density at radius 3 is 2.43 bits per heavy atom. The fraction of sp³-hybridized carbons (Fsp3) is 0.400. The van der Waals surface area contributed by atoms with Crippen LogP contribution in [-0.2, 0) is 15.3 Å². The number of benzene rings is 1. The molecule has 76 valence electrons. The van der Waals surface area contributed by atoms with Gasteiger partial charge in [-0.25, -0.2) is 0 Å². The van der Waals surface area contributed by atoms with E-state index in [9.17, 15) is 4.57 Å². The Hall–Kier alpha value is -0.920. The van der Waals surface area contributed by atoms with Crippen molar-refractivity contribution in [1.82, 2.24) is 0 Å². The molecule has 1 aromatic rings. The lowest BCUT2D eigenvalue weighted by Gasteiger charge is -1.98. The molecule has 1 aromatic carbocycles. The standard InChI is InChI=1S/C10H14O3P/c1-3-13-14(11)8-9-4-6-10(12-2)7-5-9/h4-7H,3,8H2,1-2H3/q+1. The average Bonchev–Trinajstić information content (AvgIpc) is 2.19. The van der Waals surface area contributed by atoms with Crippen LogP contribution >= 0.6 is 8.03 Å². The molecule has 1 rings (SSSR count). The van der Waals surface area contributed by atoms with Crippen LogP contribution in [0.2, 0.25) is 0 Å². The monoisotopic (exact) mass is 213 g/mol. The zero-order valence-corrected chi connectivity index (χ0v) is 9.29. The van der Waals surface area contributed by atoms with Crippen LogP contribution in [-0.4, -0.2) is 13.7 Å². The second-order valence-electron chi connectivity index (χ2n) is 2.76. The Morgan fingerprint density at radius 1 is 1.29 bits per heavy atom. The number of hydrogen-bond acceptors (Lipinski definition) is 3.